The fourth-order valence-corrected chi connectivity index (χ4v) is 5.83. The van der Waals surface area contributed by atoms with Crippen LogP contribution in [0.1, 0.15) is 56.4 Å². The highest BCUT2D eigenvalue weighted by Crippen LogP contribution is 2.51. The second-order valence-electron chi connectivity index (χ2n) is 10.3. The van der Waals surface area contributed by atoms with Crippen LogP contribution in [-0.2, 0) is 10.3 Å². The highest BCUT2D eigenvalue weighted by molar-refractivity contribution is 8.13. The fourth-order valence-electron chi connectivity index (χ4n) is 4.81. The third-order valence-electron chi connectivity index (χ3n) is 6.45. The van der Waals surface area contributed by atoms with E-state index in [-0.39, 0.29) is 6.10 Å². The maximum atomic E-state index is 12.6. The number of nitriles is 1. The predicted octanol–water partition coefficient (Wildman–Crippen LogP) is 6.96. The van der Waals surface area contributed by atoms with Gasteiger partial charge < -0.3 is 9.47 Å². The number of ether oxygens (including phenoxy) is 2. The van der Waals surface area contributed by atoms with E-state index in [1.54, 1.807) is 6.07 Å². The summed E-state index contributed by atoms with van der Waals surface area (Å²) in [5.41, 5.74) is 3.47. The zero-order chi connectivity index (χ0) is 26.0. The van der Waals surface area contributed by atoms with Crippen LogP contribution >= 0.6 is 11.8 Å². The van der Waals surface area contributed by atoms with Gasteiger partial charge in [-0.2, -0.15) is 5.26 Å². The number of nitrogens with zero attached hydrogens (tertiary/aromatic N) is 2. The summed E-state index contributed by atoms with van der Waals surface area (Å²) in [6.07, 6.45) is 0.769. The van der Waals surface area contributed by atoms with Gasteiger partial charge in [-0.1, -0.05) is 60.3 Å². The van der Waals surface area contributed by atoms with E-state index in [2.05, 4.69) is 29.6 Å². The maximum Gasteiger partial charge on any atom is 0.413 e. The normalized spacial score (nSPS) is 20.7. The number of carbonyl (C=O) groups is 1. The van der Waals surface area contributed by atoms with Gasteiger partial charge in [-0.25, -0.2) is 4.79 Å². The minimum atomic E-state index is -0.599. The minimum Gasteiger partial charge on any atom is -0.485 e. The van der Waals surface area contributed by atoms with E-state index in [4.69, 9.17) is 14.5 Å². The first-order valence-corrected chi connectivity index (χ1v) is 13.3. The first kappa shape index (κ1) is 24.9. The number of fused-ring (bicyclic) bond motifs is 2. The van der Waals surface area contributed by atoms with Crippen molar-refractivity contribution in [1.82, 2.24) is 5.32 Å². The Bertz CT molecular complexity index is 1390. The summed E-state index contributed by atoms with van der Waals surface area (Å²) in [4.78, 5) is 17.7. The lowest BCUT2D eigenvalue weighted by molar-refractivity contribution is 0.0563. The minimum absolute atomic E-state index is 0.170. The maximum absolute atomic E-state index is 12.6. The molecule has 0 radical (unpaired) electrons. The van der Waals surface area contributed by atoms with Crippen molar-refractivity contribution in [3.05, 3.63) is 89.5 Å². The van der Waals surface area contributed by atoms with Crippen LogP contribution in [0.5, 0.6) is 5.75 Å². The van der Waals surface area contributed by atoms with Gasteiger partial charge in [0.15, 0.2) is 5.17 Å². The van der Waals surface area contributed by atoms with E-state index >= 15 is 0 Å². The van der Waals surface area contributed by atoms with E-state index in [1.165, 1.54) is 11.8 Å². The third-order valence-corrected chi connectivity index (χ3v) is 7.32. The van der Waals surface area contributed by atoms with E-state index < -0.39 is 17.2 Å². The van der Waals surface area contributed by atoms with Gasteiger partial charge in [0.2, 0.25) is 0 Å². The number of amidine groups is 1. The number of hydrogen-bond acceptors (Lipinski definition) is 6. The molecule has 0 saturated carbocycles. The first-order chi connectivity index (χ1) is 17.7. The molecule has 5 rings (SSSR count). The number of nitrogens with one attached hydrogen (secondary N) is 1. The number of hydrogen-bond donors (Lipinski definition) is 1. The van der Waals surface area contributed by atoms with Gasteiger partial charge in [0.05, 0.1) is 17.2 Å². The van der Waals surface area contributed by atoms with Crippen molar-refractivity contribution in [3.8, 4) is 22.9 Å². The van der Waals surface area contributed by atoms with Crippen molar-refractivity contribution in [2.24, 2.45) is 4.99 Å². The number of carbonyl (C=O) groups excluding carboxylic acids is 1. The van der Waals surface area contributed by atoms with Crippen LogP contribution in [0.3, 0.4) is 0 Å². The molecule has 2 aliphatic heterocycles. The van der Waals surface area contributed by atoms with Crippen molar-refractivity contribution < 1.29 is 14.3 Å². The molecular formula is C30H29N3O3S. The molecule has 0 saturated heterocycles. The molecule has 2 aliphatic rings. The van der Waals surface area contributed by atoms with Crippen molar-refractivity contribution >= 4 is 23.0 Å². The average Bonchev–Trinajstić information content (AvgIpc) is 2.88. The fraction of sp³-hybridized carbons (Fsp3) is 0.300. The van der Waals surface area contributed by atoms with Gasteiger partial charge in [0.1, 0.15) is 17.5 Å². The summed E-state index contributed by atoms with van der Waals surface area (Å²) in [6, 6.07) is 26.1. The predicted molar refractivity (Wildman–Crippen MR) is 147 cm³/mol. The Kier molecular flexibility index (Phi) is 6.70. The number of aliphatic imine (C=N–C) groups is 1. The van der Waals surface area contributed by atoms with E-state index in [9.17, 15) is 10.1 Å². The van der Waals surface area contributed by atoms with Crippen LogP contribution in [0, 0.1) is 11.3 Å². The molecule has 3 aromatic carbocycles. The number of benzene rings is 3. The van der Waals surface area contributed by atoms with E-state index in [0.29, 0.717) is 17.2 Å². The van der Waals surface area contributed by atoms with Gasteiger partial charge >= 0.3 is 6.09 Å². The zero-order valence-corrected chi connectivity index (χ0v) is 22.0. The molecule has 0 fully saturated rings. The highest BCUT2D eigenvalue weighted by Gasteiger charge is 2.44. The molecule has 188 valence electrons. The molecule has 0 aliphatic carbocycles. The van der Waals surface area contributed by atoms with Crippen molar-refractivity contribution in [2.45, 2.75) is 50.9 Å². The van der Waals surface area contributed by atoms with Crippen LogP contribution in [0.4, 0.5) is 4.79 Å². The lowest BCUT2D eigenvalue weighted by Gasteiger charge is -2.42. The molecule has 2 unspecified atom stereocenters. The molecule has 2 atom stereocenters. The van der Waals surface area contributed by atoms with Crippen molar-refractivity contribution in [3.63, 3.8) is 0 Å². The van der Waals surface area contributed by atoms with Gasteiger partial charge in [-0.3, -0.25) is 10.3 Å². The van der Waals surface area contributed by atoms with Crippen LogP contribution in [-0.4, -0.2) is 22.6 Å². The largest absolute Gasteiger partial charge is 0.485 e. The van der Waals surface area contributed by atoms with Crippen LogP contribution in [0.15, 0.2) is 77.8 Å². The zero-order valence-electron chi connectivity index (χ0n) is 21.2. The standard InChI is InChI=1S/C30H29N3O3S/c1-29(2,3)36-28(34)32-27-33-30(14-15-37-27)18-26(21-9-5-4-6-10-21)35-25-13-12-23(17-24(25)30)22-11-7-8-20(16-22)19-31/h4-13,16-17,26H,14-15,18H2,1-3H3,(H,32,33,34). The van der Waals surface area contributed by atoms with Gasteiger partial charge in [0.25, 0.3) is 0 Å². The Morgan fingerprint density at radius 3 is 2.65 bits per heavy atom. The monoisotopic (exact) mass is 511 g/mol. The summed E-state index contributed by atoms with van der Waals surface area (Å²) in [7, 11) is 0. The molecule has 1 amide bonds. The number of alkyl carbamates (subject to hydrolysis) is 1. The molecule has 6 nitrogen and oxygen atoms in total. The van der Waals surface area contributed by atoms with E-state index in [0.717, 1.165) is 40.2 Å². The summed E-state index contributed by atoms with van der Waals surface area (Å²) in [5.74, 6) is 1.58. The van der Waals surface area contributed by atoms with Crippen molar-refractivity contribution in [2.75, 3.05) is 5.75 Å². The lowest BCUT2D eigenvalue weighted by atomic mass is 9.78. The second kappa shape index (κ2) is 9.95. The van der Waals surface area contributed by atoms with Crippen LogP contribution in [0.25, 0.3) is 11.1 Å². The summed E-state index contributed by atoms with van der Waals surface area (Å²) < 4.78 is 12.0. The first-order valence-electron chi connectivity index (χ1n) is 12.3. The third kappa shape index (κ3) is 5.50. The van der Waals surface area contributed by atoms with E-state index in [1.807, 2.05) is 69.3 Å². The molecular weight excluding hydrogens is 482 g/mol. The van der Waals surface area contributed by atoms with Crippen LogP contribution < -0.4 is 10.1 Å². The van der Waals surface area contributed by atoms with Crippen molar-refractivity contribution in [1.29, 1.82) is 5.26 Å². The molecule has 1 N–H and O–H groups in total. The molecule has 7 heteroatoms. The number of thioether (sulfide) groups is 1. The molecule has 0 aromatic heterocycles. The Morgan fingerprint density at radius 2 is 1.89 bits per heavy atom. The molecule has 37 heavy (non-hydrogen) atoms. The average molecular weight is 512 g/mol. The highest BCUT2D eigenvalue weighted by atomic mass is 32.2. The second-order valence-corrected chi connectivity index (χ2v) is 11.4. The molecule has 2 heterocycles. The number of amides is 1. The summed E-state index contributed by atoms with van der Waals surface area (Å²) >= 11 is 1.52. The molecule has 1 spiro atoms. The Labute approximate surface area is 221 Å². The van der Waals surface area contributed by atoms with Gasteiger partial charge in [-0.15, -0.1) is 0 Å². The summed E-state index contributed by atoms with van der Waals surface area (Å²) in [6.45, 7) is 5.52. The molecule has 3 aromatic rings. The Balaban J connectivity index is 1.58. The SMILES string of the molecule is CC(C)(C)OC(=O)NC1=NC2(CCS1)CC(c1ccccc1)Oc1ccc(-c3cccc(C#N)c3)cc12. The number of rotatable bonds is 2. The summed E-state index contributed by atoms with van der Waals surface area (Å²) in [5, 5.41) is 12.8. The van der Waals surface area contributed by atoms with Gasteiger partial charge in [-0.05, 0) is 68.1 Å². The Morgan fingerprint density at radius 1 is 1.11 bits per heavy atom. The molecule has 0 bridgehead atoms. The Hall–Kier alpha value is -3.76. The quantitative estimate of drug-likeness (QED) is 0.402. The smallest absolute Gasteiger partial charge is 0.413 e. The topological polar surface area (TPSA) is 83.7 Å². The van der Waals surface area contributed by atoms with Crippen LogP contribution in [0.2, 0.25) is 0 Å². The van der Waals surface area contributed by atoms with Gasteiger partial charge in [0, 0.05) is 17.7 Å². The lowest BCUT2D eigenvalue weighted by Crippen LogP contribution is -2.41.